The summed E-state index contributed by atoms with van der Waals surface area (Å²) in [4.78, 5) is 41.9. The highest BCUT2D eigenvalue weighted by molar-refractivity contribution is 5.95. The van der Waals surface area contributed by atoms with Crippen molar-refractivity contribution in [2.24, 2.45) is 0 Å². The second-order valence-electron chi connectivity index (χ2n) is 12.4. The van der Waals surface area contributed by atoms with E-state index in [9.17, 15) is 14.4 Å². The molecular weight excluding hydrogens is 624 g/mol. The number of carbonyl (C=O) groups excluding carboxylic acids is 2. The molecule has 7 heteroatoms. The lowest BCUT2D eigenvalue weighted by Crippen LogP contribution is -2.26. The zero-order chi connectivity index (χ0) is 35.0. The van der Waals surface area contributed by atoms with Crippen LogP contribution in [0.2, 0.25) is 0 Å². The molecule has 252 valence electrons. The summed E-state index contributed by atoms with van der Waals surface area (Å²) < 4.78 is 14.0. The van der Waals surface area contributed by atoms with Crippen molar-refractivity contribution in [1.29, 1.82) is 0 Å². The van der Waals surface area contributed by atoms with E-state index in [2.05, 4.69) is 17.0 Å². The molecule has 0 bridgehead atoms. The summed E-state index contributed by atoms with van der Waals surface area (Å²) in [5.41, 5.74) is 4.84. The van der Waals surface area contributed by atoms with Crippen molar-refractivity contribution >= 4 is 22.7 Å². The maximum atomic E-state index is 14.6. The lowest BCUT2D eigenvalue weighted by Gasteiger charge is -2.27. The first-order valence-electron chi connectivity index (χ1n) is 16.8. The molecule has 7 nitrogen and oxygen atoms in total. The van der Waals surface area contributed by atoms with Crippen molar-refractivity contribution in [2.45, 2.75) is 39.4 Å². The lowest BCUT2D eigenvalue weighted by molar-refractivity contribution is -0.116. The van der Waals surface area contributed by atoms with Crippen LogP contribution in [0.4, 0.5) is 0 Å². The molecule has 0 N–H and O–H groups in total. The van der Waals surface area contributed by atoms with E-state index < -0.39 is 11.4 Å². The first kappa shape index (κ1) is 34.1. The minimum absolute atomic E-state index is 0.0473. The Morgan fingerprint density at radius 2 is 1.34 bits per heavy atom. The summed E-state index contributed by atoms with van der Waals surface area (Å²) in [5.74, 6) is 0.466. The number of carbonyl (C=O) groups is 2. The van der Waals surface area contributed by atoms with E-state index in [1.165, 1.54) is 0 Å². The number of Topliss-reactive ketones (excluding diaryl/α,β-unsaturated/α-hetero) is 1. The second kappa shape index (κ2) is 15.6. The van der Waals surface area contributed by atoms with Crippen molar-refractivity contribution in [3.63, 3.8) is 0 Å². The molecule has 0 atom stereocenters. The molecule has 6 aromatic rings. The monoisotopic (exact) mass is 664 g/mol. The van der Waals surface area contributed by atoms with Gasteiger partial charge in [-0.1, -0.05) is 103 Å². The van der Waals surface area contributed by atoms with Crippen LogP contribution in [0, 0.1) is 0 Å². The van der Waals surface area contributed by atoms with E-state index >= 15 is 0 Å². The van der Waals surface area contributed by atoms with Gasteiger partial charge in [-0.2, -0.15) is 0 Å². The highest BCUT2D eigenvalue weighted by atomic mass is 16.5. The van der Waals surface area contributed by atoms with E-state index in [0.29, 0.717) is 47.5 Å². The molecule has 6 rings (SSSR count). The number of rotatable bonds is 13. The fraction of sp³-hybridized carbons (Fsp3) is 0.186. The third-order valence-electron chi connectivity index (χ3n) is 8.60. The van der Waals surface area contributed by atoms with Crippen LogP contribution in [0.15, 0.2) is 138 Å². The Balaban J connectivity index is 1.59. The number of benzene rings is 5. The second-order valence-corrected chi connectivity index (χ2v) is 12.4. The molecule has 0 spiro atoms. The topological polar surface area (TPSA) is 77.8 Å². The standard InChI is InChI=1S/C43H40N2O5/c1-4-49-43(48)37-29-45(41(33-16-10-6-11-17-33)34-18-12-7-13-19-34)38-24-25-39(50-35-22-20-31(21-23-35)26-30(2)46)36(40(38)42(37)47)28-44(3)27-32-14-8-5-9-15-32/h5-25,29,41H,4,26-28H2,1-3H3. The van der Waals surface area contributed by atoms with Gasteiger partial charge in [-0.15, -0.1) is 0 Å². The van der Waals surface area contributed by atoms with Crippen molar-refractivity contribution in [2.75, 3.05) is 13.7 Å². The molecular formula is C43H40N2O5. The van der Waals surface area contributed by atoms with Gasteiger partial charge in [0.2, 0.25) is 5.43 Å². The summed E-state index contributed by atoms with van der Waals surface area (Å²) in [6.45, 7) is 4.40. The quantitative estimate of drug-likeness (QED) is 0.116. The van der Waals surface area contributed by atoms with Crippen molar-refractivity contribution < 1.29 is 19.1 Å². The highest BCUT2D eigenvalue weighted by Crippen LogP contribution is 2.36. The molecule has 0 aliphatic rings. The number of aromatic nitrogens is 1. The number of pyridine rings is 1. The molecule has 0 unspecified atom stereocenters. The van der Waals surface area contributed by atoms with Gasteiger partial charge < -0.3 is 14.0 Å². The first-order chi connectivity index (χ1) is 24.3. The summed E-state index contributed by atoms with van der Waals surface area (Å²) >= 11 is 0. The van der Waals surface area contributed by atoms with E-state index in [0.717, 1.165) is 22.3 Å². The van der Waals surface area contributed by atoms with Gasteiger partial charge in [-0.25, -0.2) is 4.79 Å². The van der Waals surface area contributed by atoms with Gasteiger partial charge >= 0.3 is 5.97 Å². The molecule has 1 aromatic heterocycles. The summed E-state index contributed by atoms with van der Waals surface area (Å²) in [5, 5.41) is 0.387. The molecule has 50 heavy (non-hydrogen) atoms. The smallest absolute Gasteiger partial charge is 0.343 e. The maximum Gasteiger partial charge on any atom is 0.343 e. The molecule has 0 aliphatic heterocycles. The SMILES string of the molecule is CCOC(=O)c1cn(C(c2ccccc2)c2ccccc2)c2ccc(Oc3ccc(CC(C)=O)cc3)c(CN(C)Cc3ccccc3)c2c1=O. The molecule has 0 aliphatic carbocycles. The van der Waals surface area contributed by atoms with E-state index in [1.807, 2.05) is 127 Å². The normalized spacial score (nSPS) is 11.2. The van der Waals surface area contributed by atoms with Crippen LogP contribution in [0.25, 0.3) is 10.9 Å². The number of ketones is 1. The number of esters is 1. The predicted octanol–water partition coefficient (Wildman–Crippen LogP) is 8.37. The van der Waals surface area contributed by atoms with Crippen LogP contribution >= 0.6 is 0 Å². The van der Waals surface area contributed by atoms with Crippen LogP contribution in [0.1, 0.15) is 58.1 Å². The predicted molar refractivity (Wildman–Crippen MR) is 197 cm³/mol. The van der Waals surface area contributed by atoms with Crippen LogP contribution < -0.4 is 10.2 Å². The molecule has 0 radical (unpaired) electrons. The minimum Gasteiger partial charge on any atom is -0.462 e. The average molecular weight is 665 g/mol. The average Bonchev–Trinajstić information content (AvgIpc) is 3.12. The highest BCUT2D eigenvalue weighted by Gasteiger charge is 2.26. The summed E-state index contributed by atoms with van der Waals surface area (Å²) in [6, 6.07) is 41.0. The number of hydrogen-bond donors (Lipinski definition) is 0. The molecule has 0 saturated heterocycles. The molecule has 0 amide bonds. The fourth-order valence-electron chi connectivity index (χ4n) is 6.40. The largest absolute Gasteiger partial charge is 0.462 e. The van der Waals surface area contributed by atoms with E-state index in [1.54, 1.807) is 20.0 Å². The summed E-state index contributed by atoms with van der Waals surface area (Å²) in [6.07, 6.45) is 1.98. The zero-order valence-electron chi connectivity index (χ0n) is 28.5. The maximum absolute atomic E-state index is 14.6. The van der Waals surface area contributed by atoms with Gasteiger partial charge in [-0.3, -0.25) is 14.5 Å². The van der Waals surface area contributed by atoms with Crippen molar-refractivity contribution in [3.05, 3.63) is 177 Å². The molecule has 5 aromatic carbocycles. The van der Waals surface area contributed by atoms with E-state index in [-0.39, 0.29) is 24.0 Å². The van der Waals surface area contributed by atoms with E-state index in [4.69, 9.17) is 9.47 Å². The Morgan fingerprint density at radius 1 is 0.740 bits per heavy atom. The third kappa shape index (κ3) is 7.74. The van der Waals surface area contributed by atoms with Gasteiger partial charge in [0.25, 0.3) is 0 Å². The molecule has 0 fully saturated rings. The number of fused-ring (bicyclic) bond motifs is 1. The van der Waals surface area contributed by atoms with Crippen molar-refractivity contribution in [1.82, 2.24) is 9.47 Å². The lowest BCUT2D eigenvalue weighted by atomic mass is 9.96. The van der Waals surface area contributed by atoms with Gasteiger partial charge in [0, 0.05) is 31.3 Å². The Hall–Kier alpha value is -5.79. The van der Waals surface area contributed by atoms with Gasteiger partial charge in [-0.05, 0) is 67.4 Å². The van der Waals surface area contributed by atoms with Crippen molar-refractivity contribution in [3.8, 4) is 11.5 Å². The number of nitrogens with zero attached hydrogens (tertiary/aromatic N) is 2. The first-order valence-corrected chi connectivity index (χ1v) is 16.8. The van der Waals surface area contributed by atoms with Crippen LogP contribution in [-0.2, 0) is 29.0 Å². The third-order valence-corrected chi connectivity index (χ3v) is 8.60. The zero-order valence-corrected chi connectivity index (χ0v) is 28.5. The van der Waals surface area contributed by atoms with Crippen LogP contribution in [-0.4, -0.2) is 34.9 Å². The minimum atomic E-state index is -0.677. The fourth-order valence-corrected chi connectivity index (χ4v) is 6.40. The van der Waals surface area contributed by atoms with Gasteiger partial charge in [0.15, 0.2) is 0 Å². The Kier molecular flexibility index (Phi) is 10.6. The molecule has 1 heterocycles. The number of ether oxygens (including phenoxy) is 2. The van der Waals surface area contributed by atoms with Crippen LogP contribution in [0.5, 0.6) is 11.5 Å². The Bertz CT molecular complexity index is 2100. The van der Waals surface area contributed by atoms with Gasteiger partial charge in [0.05, 0.1) is 23.6 Å². The van der Waals surface area contributed by atoms with Crippen LogP contribution in [0.3, 0.4) is 0 Å². The van der Waals surface area contributed by atoms with Gasteiger partial charge in [0.1, 0.15) is 22.8 Å². The Morgan fingerprint density at radius 3 is 1.92 bits per heavy atom. The summed E-state index contributed by atoms with van der Waals surface area (Å²) in [7, 11) is 2.00. The Labute approximate surface area is 292 Å². The number of hydrogen-bond acceptors (Lipinski definition) is 6. The molecule has 0 saturated carbocycles.